The molecular weight excluding hydrogens is 346 g/mol. The van der Waals surface area contributed by atoms with Gasteiger partial charge in [-0.15, -0.1) is 0 Å². The van der Waals surface area contributed by atoms with Crippen molar-refractivity contribution in [1.82, 2.24) is 9.80 Å². The van der Waals surface area contributed by atoms with Crippen LogP contribution in [0.5, 0.6) is 0 Å². The zero-order valence-electron chi connectivity index (χ0n) is 16.8. The number of nitrogens with zero attached hydrogens (tertiary/aromatic N) is 2. The van der Waals surface area contributed by atoms with E-state index in [4.69, 9.17) is 5.73 Å². The van der Waals surface area contributed by atoms with Gasteiger partial charge >= 0.3 is 0 Å². The maximum atomic E-state index is 11.2. The number of primary amides is 1. The molecule has 2 N–H and O–H groups in total. The maximum Gasteiger partial charge on any atom is 0.248 e. The number of likely N-dealkylation sites (tertiary alicyclic amines) is 2. The van der Waals surface area contributed by atoms with E-state index in [-0.39, 0.29) is 5.91 Å². The molecule has 148 valence electrons. The Hall–Kier alpha value is -2.17. The molecule has 2 aromatic rings. The van der Waals surface area contributed by atoms with Crippen LogP contribution in [0.15, 0.2) is 54.6 Å². The van der Waals surface area contributed by atoms with Gasteiger partial charge in [0.1, 0.15) is 0 Å². The van der Waals surface area contributed by atoms with E-state index in [1.165, 1.54) is 43.5 Å². The Balaban J connectivity index is 1.37. The highest BCUT2D eigenvalue weighted by atomic mass is 16.1. The van der Waals surface area contributed by atoms with Crippen LogP contribution in [0.1, 0.15) is 46.7 Å². The summed E-state index contributed by atoms with van der Waals surface area (Å²) in [5, 5.41) is 0. The fourth-order valence-corrected chi connectivity index (χ4v) is 5.19. The summed E-state index contributed by atoms with van der Waals surface area (Å²) in [5.41, 5.74) is 9.11. The zero-order chi connectivity index (χ0) is 19.6. The molecule has 2 aliphatic rings. The highest BCUT2D eigenvalue weighted by Gasteiger charge is 2.41. The number of piperidine rings is 2. The molecule has 1 atom stereocenters. The summed E-state index contributed by atoms with van der Waals surface area (Å²) >= 11 is 0. The first-order chi connectivity index (χ1) is 13.5. The number of carbonyl (C=O) groups is 1. The molecule has 4 nitrogen and oxygen atoms in total. The number of carbonyl (C=O) groups excluding carboxylic acids is 1. The summed E-state index contributed by atoms with van der Waals surface area (Å²) < 4.78 is 0. The molecule has 2 saturated heterocycles. The van der Waals surface area contributed by atoms with Gasteiger partial charge in [0.05, 0.1) is 0 Å². The molecule has 2 fully saturated rings. The third-order valence-corrected chi connectivity index (χ3v) is 6.65. The Kier molecular flexibility index (Phi) is 5.51. The van der Waals surface area contributed by atoms with Crippen molar-refractivity contribution in [1.29, 1.82) is 0 Å². The summed E-state index contributed by atoms with van der Waals surface area (Å²) in [6, 6.07) is 18.8. The zero-order valence-corrected chi connectivity index (χ0v) is 16.8. The van der Waals surface area contributed by atoms with Gasteiger partial charge in [-0.25, -0.2) is 0 Å². The van der Waals surface area contributed by atoms with E-state index in [9.17, 15) is 4.79 Å². The Morgan fingerprint density at radius 2 is 1.75 bits per heavy atom. The van der Waals surface area contributed by atoms with Crippen LogP contribution in [0, 0.1) is 5.41 Å². The van der Waals surface area contributed by atoms with E-state index in [2.05, 4.69) is 47.2 Å². The van der Waals surface area contributed by atoms with Crippen LogP contribution in [0.4, 0.5) is 0 Å². The second kappa shape index (κ2) is 8.06. The topological polar surface area (TPSA) is 49.6 Å². The lowest BCUT2D eigenvalue weighted by atomic mass is 9.68. The van der Waals surface area contributed by atoms with Gasteiger partial charge in [0, 0.05) is 25.2 Å². The maximum absolute atomic E-state index is 11.2. The van der Waals surface area contributed by atoms with Gasteiger partial charge in [-0.05, 0) is 74.0 Å². The second-order valence-corrected chi connectivity index (χ2v) is 8.85. The van der Waals surface area contributed by atoms with Gasteiger partial charge < -0.3 is 10.6 Å². The Labute approximate surface area is 168 Å². The Morgan fingerprint density at radius 3 is 2.39 bits per heavy atom. The molecule has 0 bridgehead atoms. The Bertz CT molecular complexity index is 794. The highest BCUT2D eigenvalue weighted by Crippen LogP contribution is 2.44. The number of likely N-dealkylation sites (N-methyl/N-ethyl adjacent to an activating group) is 1. The molecule has 4 rings (SSSR count). The van der Waals surface area contributed by atoms with Crippen molar-refractivity contribution in [3.8, 4) is 0 Å². The molecule has 0 aliphatic carbocycles. The molecule has 1 unspecified atom stereocenters. The minimum absolute atomic E-state index is 0.360. The minimum Gasteiger partial charge on any atom is -0.366 e. The quantitative estimate of drug-likeness (QED) is 0.887. The highest BCUT2D eigenvalue weighted by molar-refractivity contribution is 5.92. The average Bonchev–Trinajstić information content (AvgIpc) is 2.70. The van der Waals surface area contributed by atoms with Crippen molar-refractivity contribution in [2.45, 2.75) is 31.7 Å². The van der Waals surface area contributed by atoms with Gasteiger partial charge in [-0.3, -0.25) is 9.69 Å². The average molecular weight is 378 g/mol. The first kappa shape index (κ1) is 19.2. The number of amides is 1. The number of hydrogen-bond donors (Lipinski definition) is 1. The second-order valence-electron chi connectivity index (χ2n) is 8.85. The van der Waals surface area contributed by atoms with Crippen molar-refractivity contribution in [3.63, 3.8) is 0 Å². The van der Waals surface area contributed by atoms with Crippen LogP contribution in [0.25, 0.3) is 0 Å². The molecule has 2 heterocycles. The summed E-state index contributed by atoms with van der Waals surface area (Å²) in [5.74, 6) is 0.286. The summed E-state index contributed by atoms with van der Waals surface area (Å²) in [7, 11) is 2.28. The van der Waals surface area contributed by atoms with Crippen LogP contribution in [0.2, 0.25) is 0 Å². The van der Waals surface area contributed by atoms with Gasteiger partial charge in [-0.1, -0.05) is 42.5 Å². The molecule has 28 heavy (non-hydrogen) atoms. The Morgan fingerprint density at radius 1 is 1.07 bits per heavy atom. The minimum atomic E-state index is -0.360. The summed E-state index contributed by atoms with van der Waals surface area (Å²) in [6.07, 6.45) is 3.84. The standard InChI is InChI=1S/C24H31N3O/c1-26-17-22(20-5-3-2-4-6-20)15-24(18-26)11-13-27(14-12-24)16-19-7-9-21(10-8-19)23(25)28/h2-10,22H,11-18H2,1H3,(H2,25,28). The van der Waals surface area contributed by atoms with Gasteiger partial charge in [-0.2, -0.15) is 0 Å². The molecule has 2 aromatic carbocycles. The SMILES string of the molecule is CN1CC(c2ccccc2)CC2(CCN(Cc3ccc(C(N)=O)cc3)CC2)C1. The van der Waals surface area contributed by atoms with E-state index in [0.29, 0.717) is 16.9 Å². The first-order valence-electron chi connectivity index (χ1n) is 10.4. The number of benzene rings is 2. The number of hydrogen-bond acceptors (Lipinski definition) is 3. The molecule has 1 spiro atoms. The van der Waals surface area contributed by atoms with E-state index < -0.39 is 0 Å². The predicted molar refractivity (Wildman–Crippen MR) is 113 cm³/mol. The van der Waals surface area contributed by atoms with E-state index in [1.54, 1.807) is 0 Å². The lowest BCUT2D eigenvalue weighted by Crippen LogP contribution is -2.50. The van der Waals surface area contributed by atoms with Crippen LogP contribution in [-0.4, -0.2) is 48.9 Å². The van der Waals surface area contributed by atoms with Gasteiger partial charge in [0.15, 0.2) is 0 Å². The van der Waals surface area contributed by atoms with Crippen molar-refractivity contribution < 1.29 is 4.79 Å². The van der Waals surface area contributed by atoms with Gasteiger partial charge in [0.2, 0.25) is 5.91 Å². The normalized spacial score (nSPS) is 23.0. The largest absolute Gasteiger partial charge is 0.366 e. The molecule has 2 aliphatic heterocycles. The third kappa shape index (κ3) is 4.29. The lowest BCUT2D eigenvalue weighted by Gasteiger charge is -2.49. The van der Waals surface area contributed by atoms with Crippen LogP contribution < -0.4 is 5.73 Å². The molecule has 1 amide bonds. The van der Waals surface area contributed by atoms with Crippen LogP contribution in [-0.2, 0) is 6.54 Å². The molecule has 0 saturated carbocycles. The molecule has 0 aromatic heterocycles. The van der Waals surface area contributed by atoms with E-state index in [1.807, 2.05) is 24.3 Å². The molecule has 4 heteroatoms. The van der Waals surface area contributed by atoms with E-state index in [0.717, 1.165) is 19.6 Å². The van der Waals surface area contributed by atoms with Crippen LogP contribution in [0.3, 0.4) is 0 Å². The third-order valence-electron chi connectivity index (χ3n) is 6.65. The summed E-state index contributed by atoms with van der Waals surface area (Å²) in [6.45, 7) is 5.63. The number of nitrogens with two attached hydrogens (primary N) is 1. The molecule has 0 radical (unpaired) electrons. The van der Waals surface area contributed by atoms with Crippen molar-refractivity contribution in [2.75, 3.05) is 33.2 Å². The fourth-order valence-electron chi connectivity index (χ4n) is 5.19. The van der Waals surface area contributed by atoms with Crippen molar-refractivity contribution in [3.05, 3.63) is 71.3 Å². The molecular formula is C24H31N3O. The fraction of sp³-hybridized carbons (Fsp3) is 0.458. The predicted octanol–water partition coefficient (Wildman–Crippen LogP) is 3.49. The summed E-state index contributed by atoms with van der Waals surface area (Å²) in [4.78, 5) is 16.3. The number of rotatable bonds is 4. The lowest BCUT2D eigenvalue weighted by molar-refractivity contribution is 0.0218. The first-order valence-corrected chi connectivity index (χ1v) is 10.4. The van der Waals surface area contributed by atoms with Gasteiger partial charge in [0.25, 0.3) is 0 Å². The van der Waals surface area contributed by atoms with Crippen molar-refractivity contribution in [2.24, 2.45) is 11.1 Å². The smallest absolute Gasteiger partial charge is 0.248 e. The van der Waals surface area contributed by atoms with Crippen LogP contribution >= 0.6 is 0 Å². The monoisotopic (exact) mass is 377 g/mol. The van der Waals surface area contributed by atoms with E-state index >= 15 is 0 Å². The van der Waals surface area contributed by atoms with Crippen molar-refractivity contribution >= 4 is 5.91 Å².